The zero-order valence-corrected chi connectivity index (χ0v) is 11.1. The molecule has 0 amide bonds. The molecule has 0 bridgehead atoms. The zero-order valence-electron chi connectivity index (χ0n) is 9.47. The van der Waals surface area contributed by atoms with E-state index in [9.17, 15) is 8.42 Å². The lowest BCUT2D eigenvalue weighted by molar-refractivity contribution is 0.487. The van der Waals surface area contributed by atoms with Gasteiger partial charge in [0, 0.05) is 4.90 Å². The van der Waals surface area contributed by atoms with E-state index in [0.29, 0.717) is 5.75 Å². The Morgan fingerprint density at radius 3 is 2.69 bits per heavy atom. The van der Waals surface area contributed by atoms with Gasteiger partial charge in [0.25, 0.3) is 0 Å². The van der Waals surface area contributed by atoms with E-state index in [1.165, 1.54) is 0 Å². The largest absolute Gasteiger partial charge is 0.382 e. The van der Waals surface area contributed by atoms with Gasteiger partial charge in [0.05, 0.1) is 5.75 Å². The Morgan fingerprint density at radius 2 is 2.06 bits per heavy atom. The lowest BCUT2D eigenvalue weighted by Crippen LogP contribution is -2.11. The summed E-state index contributed by atoms with van der Waals surface area (Å²) in [5.74, 6) is 1.39. The van der Waals surface area contributed by atoms with Crippen molar-refractivity contribution < 1.29 is 12.6 Å². The minimum Gasteiger partial charge on any atom is -0.382 e. The number of hydrogen-bond donors (Lipinski definition) is 0. The molecular formula is C11H16O3S2. The second-order valence-corrected chi connectivity index (χ2v) is 6.28. The Bertz CT molecular complexity index is 427. The first-order valence-electron chi connectivity index (χ1n) is 5.22. The molecule has 0 aliphatic carbocycles. The highest BCUT2D eigenvalue weighted by molar-refractivity contribution is 7.99. The first-order valence-corrected chi connectivity index (χ1v) is 7.78. The lowest BCUT2D eigenvalue weighted by Gasteiger charge is -2.06. The van der Waals surface area contributed by atoms with Gasteiger partial charge in [-0.05, 0) is 37.3 Å². The van der Waals surface area contributed by atoms with Gasteiger partial charge in [0.1, 0.15) is 5.75 Å². The van der Waals surface area contributed by atoms with Gasteiger partial charge in [-0.2, -0.15) is 8.42 Å². The molecule has 3 nitrogen and oxygen atoms in total. The first-order chi connectivity index (χ1) is 7.57. The van der Waals surface area contributed by atoms with Crippen LogP contribution in [0.3, 0.4) is 0 Å². The molecule has 1 aromatic carbocycles. The monoisotopic (exact) mass is 260 g/mol. The Balaban J connectivity index is 2.75. The molecule has 0 aromatic heterocycles. The van der Waals surface area contributed by atoms with Crippen molar-refractivity contribution in [1.29, 1.82) is 0 Å². The van der Waals surface area contributed by atoms with E-state index in [2.05, 4.69) is 6.92 Å². The summed E-state index contributed by atoms with van der Waals surface area (Å²) in [5.41, 5.74) is 0. The van der Waals surface area contributed by atoms with Gasteiger partial charge in [-0.1, -0.05) is 13.0 Å². The fourth-order valence-electron chi connectivity index (χ4n) is 1.04. The van der Waals surface area contributed by atoms with Crippen LogP contribution in [0.5, 0.6) is 5.75 Å². The summed E-state index contributed by atoms with van der Waals surface area (Å²) in [6.45, 7) is 3.67. The molecule has 0 heterocycles. The summed E-state index contributed by atoms with van der Waals surface area (Å²) in [5, 5.41) is 0. The van der Waals surface area contributed by atoms with E-state index < -0.39 is 10.1 Å². The van der Waals surface area contributed by atoms with Crippen molar-refractivity contribution in [2.45, 2.75) is 25.2 Å². The van der Waals surface area contributed by atoms with Gasteiger partial charge in [-0.3, -0.25) is 0 Å². The molecule has 90 valence electrons. The van der Waals surface area contributed by atoms with Crippen LogP contribution < -0.4 is 4.18 Å². The highest BCUT2D eigenvalue weighted by Gasteiger charge is 2.09. The quantitative estimate of drug-likeness (QED) is 0.582. The lowest BCUT2D eigenvalue weighted by atomic mass is 10.3. The summed E-state index contributed by atoms with van der Waals surface area (Å²) < 4.78 is 27.5. The highest BCUT2D eigenvalue weighted by atomic mass is 32.2. The highest BCUT2D eigenvalue weighted by Crippen LogP contribution is 2.24. The van der Waals surface area contributed by atoms with E-state index in [-0.39, 0.29) is 5.75 Å². The molecule has 1 rings (SSSR count). The fourth-order valence-corrected chi connectivity index (χ4v) is 2.37. The smallest absolute Gasteiger partial charge is 0.308 e. The normalized spacial score (nSPS) is 11.4. The van der Waals surface area contributed by atoms with Crippen LogP contribution >= 0.6 is 11.8 Å². The molecule has 0 saturated carbocycles. The van der Waals surface area contributed by atoms with E-state index >= 15 is 0 Å². The summed E-state index contributed by atoms with van der Waals surface area (Å²) >= 11 is 1.69. The molecule has 0 radical (unpaired) electrons. The summed E-state index contributed by atoms with van der Waals surface area (Å²) in [6, 6.07) is 7.17. The van der Waals surface area contributed by atoms with Gasteiger partial charge in [-0.15, -0.1) is 11.8 Å². The van der Waals surface area contributed by atoms with E-state index in [0.717, 1.165) is 17.1 Å². The second-order valence-electron chi connectivity index (χ2n) is 3.25. The topological polar surface area (TPSA) is 43.4 Å². The van der Waals surface area contributed by atoms with E-state index in [1.54, 1.807) is 36.9 Å². The third-order valence-electron chi connectivity index (χ3n) is 1.86. The van der Waals surface area contributed by atoms with Crippen LogP contribution in [0, 0.1) is 0 Å². The summed E-state index contributed by atoms with van der Waals surface area (Å²) in [6.07, 6.45) is 1.09. The molecule has 0 aliphatic heterocycles. The molecule has 5 heteroatoms. The Kier molecular flexibility index (Phi) is 5.15. The maximum atomic E-state index is 11.3. The Labute approximate surface area is 101 Å². The maximum absolute atomic E-state index is 11.3. The molecular weight excluding hydrogens is 244 g/mol. The third kappa shape index (κ3) is 4.45. The number of rotatable bonds is 6. The van der Waals surface area contributed by atoms with Crippen molar-refractivity contribution in [2.24, 2.45) is 0 Å². The van der Waals surface area contributed by atoms with Crippen molar-refractivity contribution in [3.05, 3.63) is 24.3 Å². The average molecular weight is 260 g/mol. The molecule has 0 fully saturated rings. The van der Waals surface area contributed by atoms with Gasteiger partial charge >= 0.3 is 10.1 Å². The summed E-state index contributed by atoms with van der Waals surface area (Å²) in [4.78, 5) is 1.03. The van der Waals surface area contributed by atoms with Gasteiger partial charge in [0.2, 0.25) is 0 Å². The van der Waals surface area contributed by atoms with Gasteiger partial charge in [-0.25, -0.2) is 0 Å². The average Bonchev–Trinajstić information content (AvgIpc) is 2.26. The zero-order chi connectivity index (χ0) is 12.0. The van der Waals surface area contributed by atoms with Gasteiger partial charge < -0.3 is 4.18 Å². The molecule has 0 N–H and O–H groups in total. The van der Waals surface area contributed by atoms with Crippen molar-refractivity contribution >= 4 is 21.9 Å². The van der Waals surface area contributed by atoms with Crippen LogP contribution in [0.4, 0.5) is 0 Å². The van der Waals surface area contributed by atoms with Crippen molar-refractivity contribution in [3.8, 4) is 5.75 Å². The number of benzene rings is 1. The second kappa shape index (κ2) is 6.15. The fraction of sp³-hybridized carbons (Fsp3) is 0.455. The minimum absolute atomic E-state index is 0.0146. The maximum Gasteiger partial charge on any atom is 0.308 e. The molecule has 0 unspecified atom stereocenters. The molecule has 16 heavy (non-hydrogen) atoms. The molecule has 0 aliphatic rings. The van der Waals surface area contributed by atoms with Crippen LogP contribution in [0.1, 0.15) is 20.3 Å². The van der Waals surface area contributed by atoms with Crippen LogP contribution in [0.15, 0.2) is 29.2 Å². The van der Waals surface area contributed by atoms with Crippen LogP contribution in [0.2, 0.25) is 0 Å². The number of hydrogen-bond acceptors (Lipinski definition) is 4. The van der Waals surface area contributed by atoms with E-state index in [4.69, 9.17) is 4.18 Å². The Morgan fingerprint density at radius 1 is 1.31 bits per heavy atom. The van der Waals surface area contributed by atoms with Gasteiger partial charge in [0.15, 0.2) is 0 Å². The molecule has 0 atom stereocenters. The van der Waals surface area contributed by atoms with Crippen molar-refractivity contribution in [1.82, 2.24) is 0 Å². The number of thioether (sulfide) groups is 1. The molecule has 0 spiro atoms. The predicted molar refractivity (Wildman–Crippen MR) is 67.5 cm³/mol. The van der Waals surface area contributed by atoms with Crippen LogP contribution in [0.25, 0.3) is 0 Å². The molecule has 0 saturated heterocycles. The predicted octanol–water partition coefficient (Wildman–Crippen LogP) is 2.92. The minimum atomic E-state index is -3.42. The van der Waals surface area contributed by atoms with Crippen LogP contribution in [-0.4, -0.2) is 19.9 Å². The summed E-state index contributed by atoms with van der Waals surface area (Å²) in [7, 11) is -3.42. The SMILES string of the molecule is CCCSc1cccc(OS(=O)(=O)CC)c1. The van der Waals surface area contributed by atoms with Crippen molar-refractivity contribution in [2.75, 3.05) is 11.5 Å². The standard InChI is InChI=1S/C11H16O3S2/c1-3-8-15-11-7-5-6-10(9-11)14-16(12,13)4-2/h5-7,9H,3-4,8H2,1-2H3. The first kappa shape index (κ1) is 13.4. The molecule has 1 aromatic rings. The van der Waals surface area contributed by atoms with Crippen LogP contribution in [-0.2, 0) is 10.1 Å². The van der Waals surface area contributed by atoms with E-state index in [1.807, 2.05) is 6.07 Å². The van der Waals surface area contributed by atoms with Crippen molar-refractivity contribution in [3.63, 3.8) is 0 Å². The third-order valence-corrected chi connectivity index (χ3v) is 4.21. The Hall–Kier alpha value is -0.680.